The highest BCUT2D eigenvalue weighted by Gasteiger charge is 1.92. The highest BCUT2D eigenvalue weighted by atomic mass is 16.5. The fourth-order valence-corrected chi connectivity index (χ4v) is 0.936. The summed E-state index contributed by atoms with van der Waals surface area (Å²) in [6, 6.07) is 0. The van der Waals surface area contributed by atoms with Crippen LogP contribution in [-0.2, 0) is 14.2 Å². The van der Waals surface area contributed by atoms with Crippen molar-refractivity contribution in [1.29, 1.82) is 0 Å². The van der Waals surface area contributed by atoms with Crippen molar-refractivity contribution in [2.24, 2.45) is 0 Å². The predicted octanol–water partition coefficient (Wildman–Crippen LogP) is 1.34. The summed E-state index contributed by atoms with van der Waals surface area (Å²) in [4.78, 5) is 0. The molecule has 0 atom stereocenters. The molecule has 3 nitrogen and oxygen atoms in total. The molecule has 70 valence electrons. The first kappa shape index (κ1) is 9.55. The summed E-state index contributed by atoms with van der Waals surface area (Å²) >= 11 is 0. The van der Waals surface area contributed by atoms with E-state index in [0.29, 0.717) is 6.61 Å². The lowest BCUT2D eigenvalue weighted by molar-refractivity contribution is 0.0776. The molecule has 12 heavy (non-hydrogen) atoms. The molecule has 1 aliphatic heterocycles. The molecule has 0 spiro atoms. The van der Waals surface area contributed by atoms with Crippen LogP contribution in [0.15, 0.2) is 12.3 Å². The minimum atomic E-state index is 0.639. The molecule has 0 aromatic carbocycles. The van der Waals surface area contributed by atoms with Crippen LogP contribution in [0.1, 0.15) is 12.8 Å². The van der Waals surface area contributed by atoms with Crippen LogP contribution in [0.25, 0.3) is 0 Å². The first-order chi connectivity index (χ1) is 6.00. The van der Waals surface area contributed by atoms with E-state index in [2.05, 4.69) is 0 Å². The van der Waals surface area contributed by atoms with Gasteiger partial charge in [-0.15, -0.1) is 0 Å². The standard InChI is InChI=1S/C9H16O3/c1-4-10-6-2-8-12-9-3-7-11-5-1/h1,4H,2-3,5-9H2. The van der Waals surface area contributed by atoms with Gasteiger partial charge in [-0.3, -0.25) is 0 Å². The van der Waals surface area contributed by atoms with Crippen LogP contribution in [0.5, 0.6) is 0 Å². The van der Waals surface area contributed by atoms with Crippen molar-refractivity contribution >= 4 is 0 Å². The number of hydrogen-bond donors (Lipinski definition) is 0. The van der Waals surface area contributed by atoms with E-state index >= 15 is 0 Å². The molecule has 1 heterocycles. The van der Waals surface area contributed by atoms with Crippen molar-refractivity contribution in [2.45, 2.75) is 12.8 Å². The van der Waals surface area contributed by atoms with Gasteiger partial charge in [-0.25, -0.2) is 0 Å². The SMILES string of the molecule is C1=COCCCOCCCOC1. The zero-order chi connectivity index (χ0) is 8.49. The Bertz CT molecular complexity index is 109. The van der Waals surface area contributed by atoms with E-state index in [0.717, 1.165) is 39.3 Å². The minimum absolute atomic E-state index is 0.639. The lowest BCUT2D eigenvalue weighted by Crippen LogP contribution is -2.05. The number of rotatable bonds is 0. The average Bonchev–Trinajstić information content (AvgIpc) is 2.05. The van der Waals surface area contributed by atoms with Gasteiger partial charge in [-0.1, -0.05) is 0 Å². The molecule has 0 aliphatic carbocycles. The van der Waals surface area contributed by atoms with E-state index in [1.165, 1.54) is 0 Å². The predicted molar refractivity (Wildman–Crippen MR) is 46.0 cm³/mol. The first-order valence-electron chi connectivity index (χ1n) is 4.42. The molecule has 0 N–H and O–H groups in total. The van der Waals surface area contributed by atoms with Gasteiger partial charge >= 0.3 is 0 Å². The Kier molecular flexibility index (Phi) is 5.67. The lowest BCUT2D eigenvalue weighted by Gasteiger charge is -2.06. The summed E-state index contributed by atoms with van der Waals surface area (Å²) in [5, 5.41) is 0. The largest absolute Gasteiger partial charge is 0.501 e. The Labute approximate surface area is 73.3 Å². The average molecular weight is 172 g/mol. The molecule has 0 saturated heterocycles. The molecule has 0 bridgehead atoms. The van der Waals surface area contributed by atoms with E-state index in [1.54, 1.807) is 6.26 Å². The van der Waals surface area contributed by atoms with Gasteiger partial charge < -0.3 is 14.2 Å². The zero-order valence-corrected chi connectivity index (χ0v) is 7.33. The Morgan fingerprint density at radius 2 is 1.58 bits per heavy atom. The smallest absolute Gasteiger partial charge is 0.0895 e. The second-order valence-corrected chi connectivity index (χ2v) is 2.64. The van der Waals surface area contributed by atoms with Crippen LogP contribution in [0.4, 0.5) is 0 Å². The topological polar surface area (TPSA) is 27.7 Å². The van der Waals surface area contributed by atoms with E-state index in [9.17, 15) is 0 Å². The van der Waals surface area contributed by atoms with Gasteiger partial charge in [-0.2, -0.15) is 0 Å². The van der Waals surface area contributed by atoms with Crippen LogP contribution >= 0.6 is 0 Å². The quantitative estimate of drug-likeness (QED) is 0.552. The number of hydrogen-bond acceptors (Lipinski definition) is 3. The Morgan fingerprint density at radius 3 is 2.50 bits per heavy atom. The first-order valence-corrected chi connectivity index (χ1v) is 4.42. The van der Waals surface area contributed by atoms with Gasteiger partial charge in [0.15, 0.2) is 0 Å². The van der Waals surface area contributed by atoms with Gasteiger partial charge in [0.05, 0.1) is 19.5 Å². The van der Waals surface area contributed by atoms with Gasteiger partial charge in [0.1, 0.15) is 0 Å². The molecule has 0 amide bonds. The van der Waals surface area contributed by atoms with Gasteiger partial charge in [0.2, 0.25) is 0 Å². The highest BCUT2D eigenvalue weighted by Crippen LogP contribution is 1.92. The molecule has 3 heteroatoms. The second-order valence-electron chi connectivity index (χ2n) is 2.64. The fraction of sp³-hybridized carbons (Fsp3) is 0.778. The molecular formula is C9H16O3. The second kappa shape index (κ2) is 7.13. The highest BCUT2D eigenvalue weighted by molar-refractivity contribution is 4.72. The third-order valence-corrected chi connectivity index (χ3v) is 1.53. The van der Waals surface area contributed by atoms with Crippen LogP contribution in [0.2, 0.25) is 0 Å². The summed E-state index contributed by atoms with van der Waals surface area (Å²) in [5.41, 5.74) is 0. The maximum Gasteiger partial charge on any atom is 0.0895 e. The van der Waals surface area contributed by atoms with E-state index in [4.69, 9.17) is 14.2 Å². The van der Waals surface area contributed by atoms with Crippen molar-refractivity contribution < 1.29 is 14.2 Å². The minimum Gasteiger partial charge on any atom is -0.501 e. The zero-order valence-electron chi connectivity index (χ0n) is 7.33. The lowest BCUT2D eigenvalue weighted by atomic mass is 10.4. The van der Waals surface area contributed by atoms with Gasteiger partial charge in [-0.05, 0) is 12.5 Å². The fourth-order valence-electron chi connectivity index (χ4n) is 0.936. The molecule has 1 aliphatic rings. The molecular weight excluding hydrogens is 156 g/mol. The summed E-state index contributed by atoms with van der Waals surface area (Å²) in [5.74, 6) is 0. The van der Waals surface area contributed by atoms with Crippen LogP contribution < -0.4 is 0 Å². The maximum absolute atomic E-state index is 5.32. The molecule has 0 aromatic heterocycles. The van der Waals surface area contributed by atoms with Crippen molar-refractivity contribution in [3.8, 4) is 0 Å². The van der Waals surface area contributed by atoms with Crippen molar-refractivity contribution in [3.63, 3.8) is 0 Å². The number of ether oxygens (including phenoxy) is 3. The van der Waals surface area contributed by atoms with E-state index in [1.807, 2.05) is 6.08 Å². The summed E-state index contributed by atoms with van der Waals surface area (Å²) in [6.07, 6.45) is 5.53. The third kappa shape index (κ3) is 5.16. The Morgan fingerprint density at radius 1 is 0.833 bits per heavy atom. The molecule has 0 saturated carbocycles. The van der Waals surface area contributed by atoms with Gasteiger partial charge in [0, 0.05) is 26.2 Å². The summed E-state index contributed by atoms with van der Waals surface area (Å²) in [6.45, 7) is 3.72. The molecule has 0 unspecified atom stereocenters. The molecule has 1 rings (SSSR count). The molecule has 0 radical (unpaired) electrons. The maximum atomic E-state index is 5.32. The van der Waals surface area contributed by atoms with Crippen molar-refractivity contribution in [1.82, 2.24) is 0 Å². The normalized spacial score (nSPS) is 22.0. The van der Waals surface area contributed by atoms with Crippen LogP contribution in [0, 0.1) is 0 Å². The van der Waals surface area contributed by atoms with Crippen LogP contribution in [-0.4, -0.2) is 33.0 Å². The Balaban J connectivity index is 2.10. The third-order valence-electron chi connectivity index (χ3n) is 1.53. The van der Waals surface area contributed by atoms with E-state index < -0.39 is 0 Å². The summed E-state index contributed by atoms with van der Waals surface area (Å²) in [7, 11) is 0. The summed E-state index contributed by atoms with van der Waals surface area (Å²) < 4.78 is 15.7. The van der Waals surface area contributed by atoms with Crippen molar-refractivity contribution in [3.05, 3.63) is 12.3 Å². The van der Waals surface area contributed by atoms with E-state index in [-0.39, 0.29) is 0 Å². The van der Waals surface area contributed by atoms with Gasteiger partial charge in [0.25, 0.3) is 0 Å². The van der Waals surface area contributed by atoms with Crippen molar-refractivity contribution in [2.75, 3.05) is 33.0 Å². The molecule has 0 fully saturated rings. The molecule has 0 aromatic rings. The Hall–Kier alpha value is -0.540. The van der Waals surface area contributed by atoms with Crippen LogP contribution in [0.3, 0.4) is 0 Å². The monoisotopic (exact) mass is 172 g/mol.